The Bertz CT molecular complexity index is 1020. The van der Waals surface area contributed by atoms with Crippen molar-refractivity contribution in [1.82, 2.24) is 18.8 Å². The van der Waals surface area contributed by atoms with Crippen LogP contribution in [0.1, 0.15) is 30.6 Å². The molecule has 3 rings (SSSR count). The highest BCUT2D eigenvalue weighted by molar-refractivity contribution is 7.87. The lowest BCUT2D eigenvalue weighted by molar-refractivity contribution is -0.120. The molecule has 1 aromatic carbocycles. The molecule has 11 heteroatoms. The van der Waals surface area contributed by atoms with Crippen molar-refractivity contribution in [3.63, 3.8) is 0 Å². The molecule has 29 heavy (non-hydrogen) atoms. The van der Waals surface area contributed by atoms with Crippen LogP contribution in [0.4, 0.5) is 5.69 Å². The first-order chi connectivity index (χ1) is 13.7. The number of anilines is 1. The second-order valence-corrected chi connectivity index (χ2v) is 9.00. The van der Waals surface area contributed by atoms with Crippen molar-refractivity contribution >= 4 is 33.4 Å². The number of carbonyl (C=O) groups excluding carboxylic acids is 1. The SMILES string of the molecule is CCn1cc([C@@H]2C[C@H](C(=O)Nc3cc(Cl)ccc3OC)N(C)S(=O)(=O)N2)c(C)n1. The summed E-state index contributed by atoms with van der Waals surface area (Å²) in [5.41, 5.74) is 1.85. The topological polar surface area (TPSA) is 106 Å². The minimum Gasteiger partial charge on any atom is -0.495 e. The maximum atomic E-state index is 13.0. The Morgan fingerprint density at radius 3 is 2.79 bits per heavy atom. The monoisotopic (exact) mass is 441 g/mol. The van der Waals surface area contributed by atoms with Crippen LogP contribution in [0.2, 0.25) is 5.02 Å². The van der Waals surface area contributed by atoms with Crippen LogP contribution in [-0.4, -0.2) is 48.6 Å². The van der Waals surface area contributed by atoms with Gasteiger partial charge in [0.05, 0.1) is 24.5 Å². The number of aromatic nitrogens is 2. The molecule has 0 spiro atoms. The smallest absolute Gasteiger partial charge is 0.280 e. The highest BCUT2D eigenvalue weighted by atomic mass is 35.5. The summed E-state index contributed by atoms with van der Waals surface area (Å²) >= 11 is 6.02. The Labute approximate surface area is 175 Å². The Balaban J connectivity index is 1.89. The van der Waals surface area contributed by atoms with Gasteiger partial charge in [-0.25, -0.2) is 0 Å². The fourth-order valence-corrected chi connectivity index (χ4v) is 4.78. The highest BCUT2D eigenvalue weighted by Gasteiger charge is 2.41. The molecule has 2 atom stereocenters. The van der Waals surface area contributed by atoms with Gasteiger partial charge in [-0.15, -0.1) is 0 Å². The normalized spacial score (nSPS) is 21.7. The number of carbonyl (C=O) groups is 1. The van der Waals surface area contributed by atoms with E-state index in [9.17, 15) is 13.2 Å². The molecule has 2 N–H and O–H groups in total. The van der Waals surface area contributed by atoms with Gasteiger partial charge in [-0.05, 0) is 38.5 Å². The van der Waals surface area contributed by atoms with Crippen LogP contribution in [-0.2, 0) is 21.5 Å². The Hall–Kier alpha value is -2.14. The number of halogens is 1. The Morgan fingerprint density at radius 2 is 2.17 bits per heavy atom. The molecule has 1 saturated heterocycles. The molecule has 1 aromatic heterocycles. The molecule has 1 fully saturated rings. The zero-order chi connectivity index (χ0) is 21.3. The second-order valence-electron chi connectivity index (χ2n) is 6.80. The standard InChI is InChI=1S/C18H24ClN5O4S/c1-5-24-10-13(11(2)21-24)14-9-16(23(3)29(26,27)22-14)18(25)20-15-8-12(19)6-7-17(15)28-4/h6-8,10,14,16,22H,5,9H2,1-4H3,(H,20,25)/t14-,16+/m0/s1. The van der Waals surface area contributed by atoms with Crippen molar-refractivity contribution in [1.29, 1.82) is 0 Å². The third kappa shape index (κ3) is 4.40. The van der Waals surface area contributed by atoms with E-state index in [0.717, 1.165) is 15.6 Å². The van der Waals surface area contributed by atoms with Crippen molar-refractivity contribution in [3.8, 4) is 5.75 Å². The molecule has 0 bridgehead atoms. The summed E-state index contributed by atoms with van der Waals surface area (Å²) in [5, 5.41) is 7.54. The summed E-state index contributed by atoms with van der Waals surface area (Å²) in [6, 6.07) is 3.35. The van der Waals surface area contributed by atoms with E-state index in [2.05, 4.69) is 15.1 Å². The molecule has 1 amide bonds. The van der Waals surface area contributed by atoms with Gasteiger partial charge in [0.15, 0.2) is 0 Å². The summed E-state index contributed by atoms with van der Waals surface area (Å²) in [6.45, 7) is 4.43. The van der Waals surface area contributed by atoms with Gasteiger partial charge in [-0.1, -0.05) is 11.6 Å². The second kappa shape index (κ2) is 8.31. The molecule has 2 heterocycles. The van der Waals surface area contributed by atoms with Gasteiger partial charge < -0.3 is 10.1 Å². The van der Waals surface area contributed by atoms with E-state index in [-0.39, 0.29) is 6.42 Å². The quantitative estimate of drug-likeness (QED) is 0.739. The molecule has 158 valence electrons. The molecule has 2 aromatic rings. The molecule has 9 nitrogen and oxygen atoms in total. The van der Waals surface area contributed by atoms with Crippen molar-refractivity contribution in [2.45, 2.75) is 38.9 Å². The van der Waals surface area contributed by atoms with Crippen LogP contribution in [0.25, 0.3) is 0 Å². The van der Waals surface area contributed by atoms with Crippen molar-refractivity contribution in [2.24, 2.45) is 0 Å². The molecule has 1 aliphatic rings. The van der Waals surface area contributed by atoms with Gasteiger partial charge in [0, 0.05) is 30.4 Å². The molecule has 0 aliphatic carbocycles. The number of rotatable bonds is 5. The highest BCUT2D eigenvalue weighted by Crippen LogP contribution is 2.32. The predicted molar refractivity (Wildman–Crippen MR) is 110 cm³/mol. The lowest BCUT2D eigenvalue weighted by atomic mass is 10.00. The average Bonchev–Trinajstić information content (AvgIpc) is 3.05. The molecular formula is C18H24ClN5O4S. The first-order valence-corrected chi connectivity index (χ1v) is 10.9. The number of amides is 1. The number of ether oxygens (including phenoxy) is 1. The number of hydrogen-bond donors (Lipinski definition) is 2. The molecular weight excluding hydrogens is 418 g/mol. The maximum absolute atomic E-state index is 13.0. The minimum atomic E-state index is -3.86. The number of nitrogens with zero attached hydrogens (tertiary/aromatic N) is 3. The third-order valence-electron chi connectivity index (χ3n) is 4.97. The lowest BCUT2D eigenvalue weighted by Crippen LogP contribution is -2.56. The van der Waals surface area contributed by atoms with Crippen LogP contribution in [0.5, 0.6) is 5.75 Å². The fourth-order valence-electron chi connectivity index (χ4n) is 3.34. The molecule has 0 radical (unpaired) electrons. The van der Waals surface area contributed by atoms with Gasteiger partial charge in [-0.2, -0.15) is 22.5 Å². The van der Waals surface area contributed by atoms with E-state index in [0.29, 0.717) is 23.0 Å². The minimum absolute atomic E-state index is 0.251. The Kier molecular flexibility index (Phi) is 6.18. The van der Waals surface area contributed by atoms with Crippen molar-refractivity contribution in [3.05, 3.63) is 40.7 Å². The summed E-state index contributed by atoms with van der Waals surface area (Å²) < 4.78 is 36.0. The van der Waals surface area contributed by atoms with Crippen LogP contribution >= 0.6 is 11.6 Å². The average molecular weight is 442 g/mol. The summed E-state index contributed by atoms with van der Waals surface area (Å²) in [7, 11) is -1.00. The largest absolute Gasteiger partial charge is 0.495 e. The van der Waals surface area contributed by atoms with Gasteiger partial charge in [0.1, 0.15) is 11.8 Å². The number of likely N-dealkylation sites (N-methyl/N-ethyl adjacent to an activating group) is 1. The maximum Gasteiger partial charge on any atom is 0.280 e. The van der Waals surface area contributed by atoms with E-state index in [1.807, 2.05) is 20.0 Å². The van der Waals surface area contributed by atoms with Gasteiger partial charge in [-0.3, -0.25) is 9.48 Å². The molecule has 0 unspecified atom stereocenters. The van der Waals surface area contributed by atoms with E-state index in [1.54, 1.807) is 22.9 Å². The van der Waals surface area contributed by atoms with Gasteiger partial charge in [0.25, 0.3) is 10.2 Å². The fraction of sp³-hybridized carbons (Fsp3) is 0.444. The number of benzene rings is 1. The van der Waals surface area contributed by atoms with Crippen LogP contribution in [0, 0.1) is 6.92 Å². The molecule has 1 aliphatic heterocycles. The number of nitrogens with one attached hydrogen (secondary N) is 2. The summed E-state index contributed by atoms with van der Waals surface area (Å²) in [5.74, 6) is -0.0394. The van der Waals surface area contributed by atoms with Crippen molar-refractivity contribution < 1.29 is 17.9 Å². The zero-order valence-electron chi connectivity index (χ0n) is 16.6. The first-order valence-electron chi connectivity index (χ1n) is 9.10. The zero-order valence-corrected chi connectivity index (χ0v) is 18.2. The number of hydrogen-bond acceptors (Lipinski definition) is 5. The third-order valence-corrected chi connectivity index (χ3v) is 6.80. The van der Waals surface area contributed by atoms with Crippen LogP contribution in [0.3, 0.4) is 0 Å². The van der Waals surface area contributed by atoms with Gasteiger partial charge in [0.2, 0.25) is 5.91 Å². The molecule has 0 saturated carbocycles. The van der Waals surface area contributed by atoms with Crippen LogP contribution < -0.4 is 14.8 Å². The number of methoxy groups -OCH3 is 1. The predicted octanol–water partition coefficient (Wildman–Crippen LogP) is 2.09. The van der Waals surface area contributed by atoms with E-state index in [1.165, 1.54) is 14.2 Å². The summed E-state index contributed by atoms with van der Waals surface area (Å²) in [6.07, 6.45) is 2.06. The van der Waals surface area contributed by atoms with Gasteiger partial charge >= 0.3 is 0 Å². The lowest BCUT2D eigenvalue weighted by Gasteiger charge is -2.36. The Morgan fingerprint density at radius 1 is 1.45 bits per heavy atom. The van der Waals surface area contributed by atoms with Crippen LogP contribution in [0.15, 0.2) is 24.4 Å². The number of aryl methyl sites for hydroxylation is 2. The van der Waals surface area contributed by atoms with E-state index >= 15 is 0 Å². The van der Waals surface area contributed by atoms with Crippen molar-refractivity contribution in [2.75, 3.05) is 19.5 Å². The summed E-state index contributed by atoms with van der Waals surface area (Å²) in [4.78, 5) is 13.0. The van der Waals surface area contributed by atoms with E-state index in [4.69, 9.17) is 16.3 Å². The first kappa shape index (κ1) is 21.6. The van der Waals surface area contributed by atoms with E-state index < -0.39 is 28.2 Å².